The number of carbonyl (C=O) groups excluding carboxylic acids is 1. The number of nitrogens with zero attached hydrogens (tertiary/aromatic N) is 3. The number of amides is 1. The van der Waals surface area contributed by atoms with Crippen molar-refractivity contribution in [3.05, 3.63) is 41.7 Å². The van der Waals surface area contributed by atoms with E-state index in [1.165, 1.54) is 17.1 Å². The van der Waals surface area contributed by atoms with Crippen molar-refractivity contribution in [2.75, 3.05) is 11.9 Å². The summed E-state index contributed by atoms with van der Waals surface area (Å²) < 4.78 is 4.09. The first-order valence-corrected chi connectivity index (χ1v) is 7.89. The van der Waals surface area contributed by atoms with E-state index in [4.69, 9.17) is 0 Å². The molecule has 1 aliphatic heterocycles. The fourth-order valence-electron chi connectivity index (χ4n) is 2.67. The second-order valence-corrected chi connectivity index (χ2v) is 6.00. The molecule has 2 heterocycles. The van der Waals surface area contributed by atoms with Crippen LogP contribution >= 0.6 is 11.5 Å². The lowest BCUT2D eigenvalue weighted by molar-refractivity contribution is -0.120. The zero-order valence-corrected chi connectivity index (χ0v) is 12.8. The Balaban J connectivity index is 1.64. The molecule has 0 unspecified atom stereocenters. The van der Waals surface area contributed by atoms with Gasteiger partial charge < -0.3 is 0 Å². The molecule has 6 heteroatoms. The maximum absolute atomic E-state index is 12.4. The second kappa shape index (κ2) is 6.32. The molecule has 110 valence electrons. The molecule has 1 aliphatic rings. The summed E-state index contributed by atoms with van der Waals surface area (Å²) in [5.41, 5.74) is 1.24. The van der Waals surface area contributed by atoms with Gasteiger partial charge in [-0.15, -0.1) is 0 Å². The quantitative estimate of drug-likeness (QED) is 0.942. The predicted octanol–water partition coefficient (Wildman–Crippen LogP) is 2.45. The van der Waals surface area contributed by atoms with Crippen LogP contribution < -0.4 is 5.32 Å². The molecule has 3 rings (SSSR count). The summed E-state index contributed by atoms with van der Waals surface area (Å²) in [5.74, 6) is 0.724. The minimum Gasteiger partial charge on any atom is -0.299 e. The first-order chi connectivity index (χ1) is 10.2. The Morgan fingerprint density at radius 2 is 2.24 bits per heavy atom. The van der Waals surface area contributed by atoms with Crippen molar-refractivity contribution in [2.24, 2.45) is 0 Å². The lowest BCUT2D eigenvalue weighted by atomic mass is 10.1. The molecule has 2 aromatic rings. The summed E-state index contributed by atoms with van der Waals surface area (Å²) in [7, 11) is 0. The van der Waals surface area contributed by atoms with Crippen LogP contribution in [0, 0.1) is 6.92 Å². The average Bonchev–Trinajstić information content (AvgIpc) is 3.09. The first kappa shape index (κ1) is 14.2. The van der Waals surface area contributed by atoms with Crippen LogP contribution in [0.4, 0.5) is 5.13 Å². The SMILES string of the molecule is Cc1nsc(NC(=O)[C@H]2CCCN2Cc2ccccc2)n1. The number of aromatic nitrogens is 2. The van der Waals surface area contributed by atoms with Crippen LogP contribution in [0.2, 0.25) is 0 Å². The van der Waals surface area contributed by atoms with Crippen LogP contribution in [0.15, 0.2) is 30.3 Å². The van der Waals surface area contributed by atoms with Gasteiger partial charge in [0.1, 0.15) is 5.82 Å². The maximum Gasteiger partial charge on any atom is 0.243 e. The molecule has 0 radical (unpaired) electrons. The van der Waals surface area contributed by atoms with Gasteiger partial charge in [0.25, 0.3) is 0 Å². The number of carbonyl (C=O) groups is 1. The van der Waals surface area contributed by atoms with Gasteiger partial charge in [-0.25, -0.2) is 4.98 Å². The summed E-state index contributed by atoms with van der Waals surface area (Å²) in [6, 6.07) is 10.2. The molecule has 1 amide bonds. The van der Waals surface area contributed by atoms with Gasteiger partial charge in [0.05, 0.1) is 6.04 Å². The third-order valence-corrected chi connectivity index (χ3v) is 4.37. The summed E-state index contributed by atoms with van der Waals surface area (Å²) >= 11 is 1.23. The van der Waals surface area contributed by atoms with Gasteiger partial charge in [0, 0.05) is 18.1 Å². The highest BCUT2D eigenvalue weighted by Crippen LogP contribution is 2.22. The molecule has 1 saturated heterocycles. The van der Waals surface area contributed by atoms with Crippen LogP contribution in [-0.2, 0) is 11.3 Å². The zero-order chi connectivity index (χ0) is 14.7. The van der Waals surface area contributed by atoms with Crippen LogP contribution in [0.5, 0.6) is 0 Å². The van der Waals surface area contributed by atoms with E-state index in [0.29, 0.717) is 11.0 Å². The number of anilines is 1. The van der Waals surface area contributed by atoms with Crippen molar-refractivity contribution >= 4 is 22.6 Å². The van der Waals surface area contributed by atoms with Crippen molar-refractivity contribution in [3.8, 4) is 0 Å². The molecule has 0 spiro atoms. The molecule has 1 fully saturated rings. The van der Waals surface area contributed by atoms with Gasteiger partial charge >= 0.3 is 0 Å². The second-order valence-electron chi connectivity index (χ2n) is 5.25. The number of aryl methyl sites for hydroxylation is 1. The van der Waals surface area contributed by atoms with Gasteiger partial charge in [-0.05, 0) is 31.9 Å². The Bertz CT molecular complexity index is 613. The van der Waals surface area contributed by atoms with Gasteiger partial charge in [-0.2, -0.15) is 4.37 Å². The third-order valence-electron chi connectivity index (χ3n) is 3.65. The Morgan fingerprint density at radius 3 is 2.95 bits per heavy atom. The fraction of sp³-hybridized carbons (Fsp3) is 0.400. The van der Waals surface area contributed by atoms with E-state index in [-0.39, 0.29) is 11.9 Å². The molecule has 0 aliphatic carbocycles. The summed E-state index contributed by atoms with van der Waals surface area (Å²) in [5, 5.41) is 3.47. The van der Waals surface area contributed by atoms with Gasteiger partial charge in [0.15, 0.2) is 0 Å². The predicted molar refractivity (Wildman–Crippen MR) is 83.1 cm³/mol. The van der Waals surface area contributed by atoms with Crippen molar-refractivity contribution < 1.29 is 4.79 Å². The minimum absolute atomic E-state index is 0.0274. The Hall–Kier alpha value is -1.79. The molecule has 1 aromatic heterocycles. The van der Waals surface area contributed by atoms with E-state index in [1.54, 1.807) is 0 Å². The summed E-state index contributed by atoms with van der Waals surface area (Å²) in [6.45, 7) is 3.60. The monoisotopic (exact) mass is 302 g/mol. The number of rotatable bonds is 4. The highest BCUT2D eigenvalue weighted by atomic mass is 32.1. The largest absolute Gasteiger partial charge is 0.299 e. The average molecular weight is 302 g/mol. The molecular weight excluding hydrogens is 284 g/mol. The van der Waals surface area contributed by atoms with Crippen LogP contribution in [0.1, 0.15) is 24.2 Å². The van der Waals surface area contributed by atoms with Gasteiger partial charge in [0.2, 0.25) is 11.0 Å². The standard InChI is InChI=1S/C15H18N4OS/c1-11-16-15(21-18-11)17-14(20)13-8-5-9-19(13)10-12-6-3-2-4-7-12/h2-4,6-7,13H,5,8-10H2,1H3,(H,16,17,18,20)/t13-/m1/s1. The Kier molecular flexibility index (Phi) is 4.26. The Morgan fingerprint density at radius 1 is 1.43 bits per heavy atom. The van der Waals surface area contributed by atoms with Crippen LogP contribution in [0.25, 0.3) is 0 Å². The van der Waals surface area contributed by atoms with E-state index in [2.05, 4.69) is 31.7 Å². The minimum atomic E-state index is -0.0746. The highest BCUT2D eigenvalue weighted by Gasteiger charge is 2.31. The van der Waals surface area contributed by atoms with Crippen molar-refractivity contribution in [1.29, 1.82) is 0 Å². The molecule has 1 aromatic carbocycles. The molecule has 5 nitrogen and oxygen atoms in total. The van der Waals surface area contributed by atoms with Crippen molar-refractivity contribution in [2.45, 2.75) is 32.4 Å². The normalized spacial score (nSPS) is 18.8. The van der Waals surface area contributed by atoms with Crippen LogP contribution in [-0.4, -0.2) is 32.8 Å². The summed E-state index contributed by atoms with van der Waals surface area (Å²) in [4.78, 5) is 18.8. The van der Waals surface area contributed by atoms with E-state index in [1.807, 2.05) is 25.1 Å². The number of hydrogen-bond acceptors (Lipinski definition) is 5. The van der Waals surface area contributed by atoms with E-state index < -0.39 is 0 Å². The molecule has 1 atom stereocenters. The van der Waals surface area contributed by atoms with Gasteiger partial charge in [-0.1, -0.05) is 30.3 Å². The molecule has 1 N–H and O–H groups in total. The smallest absolute Gasteiger partial charge is 0.243 e. The molecule has 0 saturated carbocycles. The van der Waals surface area contributed by atoms with E-state index >= 15 is 0 Å². The first-order valence-electron chi connectivity index (χ1n) is 7.11. The number of benzene rings is 1. The number of hydrogen-bond donors (Lipinski definition) is 1. The van der Waals surface area contributed by atoms with Crippen molar-refractivity contribution in [1.82, 2.24) is 14.3 Å². The highest BCUT2D eigenvalue weighted by molar-refractivity contribution is 7.09. The topological polar surface area (TPSA) is 58.1 Å². The lowest BCUT2D eigenvalue weighted by Gasteiger charge is -2.23. The van der Waals surface area contributed by atoms with Crippen molar-refractivity contribution in [3.63, 3.8) is 0 Å². The maximum atomic E-state index is 12.4. The van der Waals surface area contributed by atoms with Crippen LogP contribution in [0.3, 0.4) is 0 Å². The Labute approximate surface area is 128 Å². The van der Waals surface area contributed by atoms with Gasteiger partial charge in [-0.3, -0.25) is 15.0 Å². The third kappa shape index (κ3) is 3.46. The number of nitrogens with one attached hydrogen (secondary N) is 1. The molecular formula is C15H18N4OS. The lowest BCUT2D eigenvalue weighted by Crippen LogP contribution is -2.39. The zero-order valence-electron chi connectivity index (χ0n) is 12.0. The van der Waals surface area contributed by atoms with E-state index in [9.17, 15) is 4.79 Å². The number of likely N-dealkylation sites (tertiary alicyclic amines) is 1. The summed E-state index contributed by atoms with van der Waals surface area (Å²) in [6.07, 6.45) is 1.95. The molecule has 21 heavy (non-hydrogen) atoms. The fourth-order valence-corrected chi connectivity index (χ4v) is 3.25. The molecule has 0 bridgehead atoms. The van der Waals surface area contributed by atoms with E-state index in [0.717, 1.165) is 25.9 Å².